The molecule has 0 fully saturated rings. The van der Waals surface area contributed by atoms with Crippen LogP contribution in [0.2, 0.25) is 0 Å². The lowest BCUT2D eigenvalue weighted by Crippen LogP contribution is -2.01. The van der Waals surface area contributed by atoms with Crippen LogP contribution in [0.15, 0.2) is 47.9 Å². The summed E-state index contributed by atoms with van der Waals surface area (Å²) in [5.41, 5.74) is 7.83. The second-order valence-electron chi connectivity index (χ2n) is 4.29. The van der Waals surface area contributed by atoms with Crippen molar-refractivity contribution in [3.63, 3.8) is 0 Å². The average Bonchev–Trinajstić information content (AvgIpc) is 2.39. The molecule has 0 aliphatic carbocycles. The van der Waals surface area contributed by atoms with Gasteiger partial charge in [-0.05, 0) is 56.0 Å². The molecular weight excluding hydrogens is 241 g/mol. The molecule has 1 aromatic carbocycles. The van der Waals surface area contributed by atoms with Gasteiger partial charge >= 0.3 is 0 Å². The summed E-state index contributed by atoms with van der Waals surface area (Å²) in [6.45, 7) is 4.64. The number of ether oxygens (including phenoxy) is 1. The van der Waals surface area contributed by atoms with Crippen molar-refractivity contribution in [3.05, 3.63) is 59.3 Å². The van der Waals surface area contributed by atoms with Crippen LogP contribution in [0.25, 0.3) is 0 Å². The molecule has 0 spiro atoms. The van der Waals surface area contributed by atoms with Crippen LogP contribution in [0.1, 0.15) is 32.3 Å². The highest BCUT2D eigenvalue weighted by atomic mass is 19.1. The van der Waals surface area contributed by atoms with Crippen molar-refractivity contribution in [3.8, 4) is 0 Å². The largest absolute Gasteiger partial charge is 0.494 e. The van der Waals surface area contributed by atoms with Crippen LogP contribution in [0.4, 0.5) is 4.39 Å². The van der Waals surface area contributed by atoms with E-state index in [4.69, 9.17) is 10.5 Å². The highest BCUT2D eigenvalue weighted by Gasteiger charge is 1.98. The van der Waals surface area contributed by atoms with E-state index in [-0.39, 0.29) is 5.82 Å². The number of aryl methyl sites for hydroxylation is 1. The summed E-state index contributed by atoms with van der Waals surface area (Å²) in [5, 5.41) is 0. The Morgan fingerprint density at radius 2 is 1.95 bits per heavy atom. The van der Waals surface area contributed by atoms with Gasteiger partial charge in [-0.2, -0.15) is 0 Å². The van der Waals surface area contributed by atoms with E-state index in [0.717, 1.165) is 36.3 Å². The predicted octanol–water partition coefficient (Wildman–Crippen LogP) is 3.93. The van der Waals surface area contributed by atoms with Gasteiger partial charge in [-0.3, -0.25) is 0 Å². The molecule has 0 aliphatic heterocycles. The summed E-state index contributed by atoms with van der Waals surface area (Å²) >= 11 is 0. The molecule has 104 valence electrons. The molecule has 0 saturated carbocycles. The van der Waals surface area contributed by atoms with Crippen LogP contribution in [0, 0.1) is 5.82 Å². The Balaban J connectivity index is 2.55. The van der Waals surface area contributed by atoms with Crippen LogP contribution in [0.5, 0.6) is 0 Å². The minimum absolute atomic E-state index is 0.211. The zero-order valence-corrected chi connectivity index (χ0v) is 11.7. The fourth-order valence-electron chi connectivity index (χ4n) is 1.72. The first-order chi connectivity index (χ1) is 9.15. The Morgan fingerprint density at radius 3 is 2.53 bits per heavy atom. The standard InChI is InChI=1S/C16H22FNO/c1-3-5-16(19-4-2)12-15(18)11-8-13-6-9-14(17)10-7-13/h5-7,9-10,12H,3-4,8,11,18H2,1-2H3/b15-12-,16-5+. The molecule has 2 nitrogen and oxygen atoms in total. The second kappa shape index (κ2) is 8.35. The van der Waals surface area contributed by atoms with Gasteiger partial charge in [-0.15, -0.1) is 0 Å². The lowest BCUT2D eigenvalue weighted by Gasteiger charge is -2.06. The van der Waals surface area contributed by atoms with E-state index in [1.54, 1.807) is 12.1 Å². The fraction of sp³-hybridized carbons (Fsp3) is 0.375. The van der Waals surface area contributed by atoms with Crippen molar-refractivity contribution in [2.75, 3.05) is 6.61 Å². The molecule has 0 amide bonds. The lowest BCUT2D eigenvalue weighted by atomic mass is 10.1. The van der Waals surface area contributed by atoms with Crippen LogP contribution in [-0.2, 0) is 11.2 Å². The maximum absolute atomic E-state index is 12.8. The first-order valence-electron chi connectivity index (χ1n) is 6.69. The summed E-state index contributed by atoms with van der Waals surface area (Å²) in [4.78, 5) is 0. The quantitative estimate of drug-likeness (QED) is 0.597. The van der Waals surface area contributed by atoms with Gasteiger partial charge in [0.15, 0.2) is 0 Å². The third-order valence-corrected chi connectivity index (χ3v) is 2.66. The summed E-state index contributed by atoms with van der Waals surface area (Å²) in [6, 6.07) is 6.51. The van der Waals surface area contributed by atoms with Crippen LogP contribution in [-0.4, -0.2) is 6.61 Å². The summed E-state index contributed by atoms with van der Waals surface area (Å²) in [5.74, 6) is 0.610. The maximum atomic E-state index is 12.8. The molecule has 0 atom stereocenters. The maximum Gasteiger partial charge on any atom is 0.123 e. The van der Waals surface area contributed by atoms with Gasteiger partial charge in [-0.1, -0.05) is 19.1 Å². The molecule has 1 rings (SSSR count). The first-order valence-corrected chi connectivity index (χ1v) is 6.69. The third kappa shape index (κ3) is 6.09. The number of allylic oxidation sites excluding steroid dienone is 3. The molecule has 1 aromatic rings. The number of rotatable bonds is 7. The average molecular weight is 263 g/mol. The second-order valence-corrected chi connectivity index (χ2v) is 4.29. The highest BCUT2D eigenvalue weighted by molar-refractivity contribution is 5.20. The number of halogens is 1. The Bertz CT molecular complexity index is 435. The SMILES string of the molecule is CC/C=C(\C=C(/N)CCc1ccc(F)cc1)OCC. The zero-order valence-electron chi connectivity index (χ0n) is 11.7. The molecule has 0 unspecified atom stereocenters. The number of hydrogen-bond acceptors (Lipinski definition) is 2. The molecular formula is C16H22FNO. The van der Waals surface area contributed by atoms with Gasteiger partial charge in [0.1, 0.15) is 11.6 Å². The van der Waals surface area contributed by atoms with Gasteiger partial charge in [0.05, 0.1) is 6.61 Å². The minimum atomic E-state index is -0.211. The summed E-state index contributed by atoms with van der Waals surface area (Å²) in [7, 11) is 0. The normalized spacial score (nSPS) is 12.6. The van der Waals surface area contributed by atoms with Crippen molar-refractivity contribution < 1.29 is 9.13 Å². The van der Waals surface area contributed by atoms with Gasteiger partial charge in [-0.25, -0.2) is 4.39 Å². The first kappa shape index (κ1) is 15.3. The Labute approximate surface area is 114 Å². The molecule has 2 N–H and O–H groups in total. The van der Waals surface area contributed by atoms with Crippen molar-refractivity contribution in [1.82, 2.24) is 0 Å². The predicted molar refractivity (Wildman–Crippen MR) is 77.0 cm³/mol. The van der Waals surface area contributed by atoms with Crippen molar-refractivity contribution in [1.29, 1.82) is 0 Å². The van der Waals surface area contributed by atoms with Crippen LogP contribution in [0.3, 0.4) is 0 Å². The zero-order chi connectivity index (χ0) is 14.1. The number of benzene rings is 1. The molecule has 0 aliphatic rings. The molecule has 0 radical (unpaired) electrons. The molecule has 0 saturated heterocycles. The summed E-state index contributed by atoms with van der Waals surface area (Å²) in [6.07, 6.45) is 6.33. The van der Waals surface area contributed by atoms with Crippen molar-refractivity contribution in [2.45, 2.75) is 33.1 Å². The highest BCUT2D eigenvalue weighted by Crippen LogP contribution is 2.10. The monoisotopic (exact) mass is 263 g/mol. The van der Waals surface area contributed by atoms with Crippen molar-refractivity contribution in [2.24, 2.45) is 5.73 Å². The van der Waals surface area contributed by atoms with Gasteiger partial charge in [0.25, 0.3) is 0 Å². The van der Waals surface area contributed by atoms with E-state index in [9.17, 15) is 4.39 Å². The topological polar surface area (TPSA) is 35.2 Å². The Morgan fingerprint density at radius 1 is 1.26 bits per heavy atom. The smallest absolute Gasteiger partial charge is 0.123 e. The van der Waals surface area contributed by atoms with Gasteiger partial charge in [0.2, 0.25) is 0 Å². The van der Waals surface area contributed by atoms with E-state index < -0.39 is 0 Å². The van der Waals surface area contributed by atoms with Gasteiger partial charge < -0.3 is 10.5 Å². The van der Waals surface area contributed by atoms with E-state index in [2.05, 4.69) is 6.92 Å². The minimum Gasteiger partial charge on any atom is -0.494 e. The molecule has 0 aromatic heterocycles. The molecule has 19 heavy (non-hydrogen) atoms. The van der Waals surface area contributed by atoms with E-state index >= 15 is 0 Å². The van der Waals surface area contributed by atoms with Crippen LogP contribution >= 0.6 is 0 Å². The fourth-order valence-corrected chi connectivity index (χ4v) is 1.72. The molecule has 0 bridgehead atoms. The number of nitrogens with two attached hydrogens (primary N) is 1. The Kier molecular flexibility index (Phi) is 6.72. The summed E-state index contributed by atoms with van der Waals surface area (Å²) < 4.78 is 18.2. The number of hydrogen-bond donors (Lipinski definition) is 1. The van der Waals surface area contributed by atoms with Crippen LogP contribution < -0.4 is 5.73 Å². The van der Waals surface area contributed by atoms with Gasteiger partial charge in [0, 0.05) is 5.70 Å². The third-order valence-electron chi connectivity index (χ3n) is 2.66. The molecule has 0 heterocycles. The van der Waals surface area contributed by atoms with Crippen molar-refractivity contribution >= 4 is 0 Å². The van der Waals surface area contributed by atoms with E-state index in [0.29, 0.717) is 6.61 Å². The Hall–Kier alpha value is -1.77. The van der Waals surface area contributed by atoms with E-state index in [1.807, 2.05) is 19.1 Å². The lowest BCUT2D eigenvalue weighted by molar-refractivity contribution is 0.241. The van der Waals surface area contributed by atoms with E-state index in [1.165, 1.54) is 12.1 Å². The molecule has 3 heteroatoms.